The Morgan fingerprint density at radius 2 is 1.85 bits per heavy atom. The summed E-state index contributed by atoms with van der Waals surface area (Å²) in [7, 11) is 0. The van der Waals surface area contributed by atoms with Crippen molar-refractivity contribution in [2.45, 2.75) is 20.3 Å². The number of pyridine rings is 1. The number of benzene rings is 2. The van der Waals surface area contributed by atoms with Crippen molar-refractivity contribution in [2.75, 3.05) is 16.8 Å². The molecule has 1 aromatic heterocycles. The first-order valence-corrected chi connectivity index (χ1v) is 9.04. The number of fused-ring (bicyclic) bond motifs is 1. The van der Waals surface area contributed by atoms with Gasteiger partial charge in [-0.15, -0.1) is 0 Å². The van der Waals surface area contributed by atoms with Gasteiger partial charge >= 0.3 is 0 Å². The van der Waals surface area contributed by atoms with Gasteiger partial charge in [0.1, 0.15) is 0 Å². The summed E-state index contributed by atoms with van der Waals surface area (Å²) in [5.41, 5.74) is 4.50. The number of aryl methyl sites for hydroxylation is 2. The maximum absolute atomic E-state index is 12.8. The van der Waals surface area contributed by atoms with Crippen LogP contribution in [0.3, 0.4) is 0 Å². The molecule has 2 aromatic carbocycles. The quantitative estimate of drug-likeness (QED) is 0.773. The molecule has 1 atom stereocenters. The minimum atomic E-state index is -0.378. The van der Waals surface area contributed by atoms with Crippen LogP contribution in [0.25, 0.3) is 10.9 Å². The maximum atomic E-state index is 12.8. The molecule has 27 heavy (non-hydrogen) atoms. The van der Waals surface area contributed by atoms with Crippen LogP contribution in [0, 0.1) is 19.8 Å². The van der Waals surface area contributed by atoms with E-state index >= 15 is 0 Å². The maximum Gasteiger partial charge on any atom is 0.229 e. The van der Waals surface area contributed by atoms with E-state index in [1.54, 1.807) is 11.1 Å². The van der Waals surface area contributed by atoms with Gasteiger partial charge in [-0.3, -0.25) is 14.6 Å². The molecule has 1 aliphatic heterocycles. The first kappa shape index (κ1) is 17.2. The molecule has 0 spiro atoms. The zero-order chi connectivity index (χ0) is 19.0. The molecule has 1 N–H and O–H groups in total. The zero-order valence-electron chi connectivity index (χ0n) is 15.4. The number of para-hydroxylation sites is 1. The summed E-state index contributed by atoms with van der Waals surface area (Å²) in [6, 6.07) is 15.6. The van der Waals surface area contributed by atoms with Gasteiger partial charge in [-0.2, -0.15) is 0 Å². The van der Waals surface area contributed by atoms with Crippen LogP contribution in [-0.2, 0) is 9.59 Å². The lowest BCUT2D eigenvalue weighted by molar-refractivity contribution is -0.122. The molecule has 5 heteroatoms. The van der Waals surface area contributed by atoms with Crippen molar-refractivity contribution in [3.8, 4) is 0 Å². The highest BCUT2D eigenvalue weighted by Crippen LogP contribution is 2.28. The number of carbonyl (C=O) groups excluding carboxylic acids is 2. The Morgan fingerprint density at radius 3 is 2.63 bits per heavy atom. The number of amides is 2. The third-order valence-electron chi connectivity index (χ3n) is 4.90. The van der Waals surface area contributed by atoms with Gasteiger partial charge in [-0.25, -0.2) is 0 Å². The first-order chi connectivity index (χ1) is 13.0. The average molecular weight is 359 g/mol. The van der Waals surface area contributed by atoms with Gasteiger partial charge in [0.05, 0.1) is 17.1 Å². The molecule has 0 bridgehead atoms. The number of hydrogen-bond donors (Lipinski definition) is 1. The summed E-state index contributed by atoms with van der Waals surface area (Å²) >= 11 is 0. The fourth-order valence-electron chi connectivity index (χ4n) is 3.68. The first-order valence-electron chi connectivity index (χ1n) is 9.04. The SMILES string of the molecule is Cc1cc(C)cc(N2CC(C(=O)Nc3cccc4cccnc34)CC2=O)c1. The van der Waals surface area contributed by atoms with Crippen molar-refractivity contribution in [1.82, 2.24) is 4.98 Å². The van der Waals surface area contributed by atoms with E-state index in [0.717, 1.165) is 27.7 Å². The van der Waals surface area contributed by atoms with Crippen LogP contribution in [0.1, 0.15) is 17.5 Å². The van der Waals surface area contributed by atoms with Crippen LogP contribution in [0.5, 0.6) is 0 Å². The number of nitrogens with zero attached hydrogens (tertiary/aromatic N) is 2. The standard InChI is InChI=1S/C22H21N3O2/c1-14-9-15(2)11-18(10-14)25-13-17(12-20(25)26)22(27)24-19-7-3-5-16-6-4-8-23-21(16)19/h3-11,17H,12-13H2,1-2H3,(H,24,27). The Balaban J connectivity index is 1.54. The summed E-state index contributed by atoms with van der Waals surface area (Å²) in [6.07, 6.45) is 1.93. The molecule has 1 unspecified atom stereocenters. The van der Waals surface area contributed by atoms with Crippen LogP contribution >= 0.6 is 0 Å². The number of anilines is 2. The summed E-state index contributed by atoms with van der Waals surface area (Å²) in [5, 5.41) is 3.93. The van der Waals surface area contributed by atoms with Gasteiger partial charge in [-0.1, -0.05) is 24.3 Å². The second-order valence-electron chi connectivity index (χ2n) is 7.12. The monoisotopic (exact) mass is 359 g/mol. The predicted octanol–water partition coefficient (Wildman–Crippen LogP) is 3.84. The van der Waals surface area contributed by atoms with Crippen LogP contribution in [0.4, 0.5) is 11.4 Å². The lowest BCUT2D eigenvalue weighted by Crippen LogP contribution is -2.28. The number of carbonyl (C=O) groups is 2. The smallest absolute Gasteiger partial charge is 0.229 e. The van der Waals surface area contributed by atoms with Crippen LogP contribution in [-0.4, -0.2) is 23.3 Å². The van der Waals surface area contributed by atoms with E-state index < -0.39 is 0 Å². The number of hydrogen-bond acceptors (Lipinski definition) is 3. The van der Waals surface area contributed by atoms with Gasteiger partial charge < -0.3 is 10.2 Å². The van der Waals surface area contributed by atoms with E-state index in [-0.39, 0.29) is 24.2 Å². The van der Waals surface area contributed by atoms with Crippen LogP contribution < -0.4 is 10.2 Å². The second-order valence-corrected chi connectivity index (χ2v) is 7.12. The largest absolute Gasteiger partial charge is 0.324 e. The van der Waals surface area contributed by atoms with Crippen LogP contribution in [0.15, 0.2) is 54.7 Å². The second kappa shape index (κ2) is 6.83. The Labute approximate surface area is 158 Å². The van der Waals surface area contributed by atoms with Gasteiger partial charge in [0, 0.05) is 30.2 Å². The lowest BCUT2D eigenvalue weighted by Gasteiger charge is -2.18. The van der Waals surface area contributed by atoms with Gasteiger partial charge in [0.15, 0.2) is 0 Å². The van der Waals surface area contributed by atoms with Crippen molar-refractivity contribution >= 4 is 34.1 Å². The fraction of sp³-hybridized carbons (Fsp3) is 0.227. The molecular weight excluding hydrogens is 338 g/mol. The van der Waals surface area contributed by atoms with Crippen molar-refractivity contribution in [3.63, 3.8) is 0 Å². The van der Waals surface area contributed by atoms with Crippen molar-refractivity contribution in [1.29, 1.82) is 0 Å². The Morgan fingerprint density at radius 1 is 1.11 bits per heavy atom. The molecule has 5 nitrogen and oxygen atoms in total. The molecule has 0 aliphatic carbocycles. The van der Waals surface area contributed by atoms with E-state index in [1.807, 2.05) is 56.3 Å². The van der Waals surface area contributed by atoms with E-state index in [1.165, 1.54) is 0 Å². The van der Waals surface area contributed by atoms with E-state index in [0.29, 0.717) is 12.2 Å². The minimum absolute atomic E-state index is 0.0174. The topological polar surface area (TPSA) is 62.3 Å². The molecule has 2 heterocycles. The minimum Gasteiger partial charge on any atom is -0.324 e. The van der Waals surface area contributed by atoms with Gasteiger partial charge in [0.25, 0.3) is 0 Å². The molecule has 2 amide bonds. The van der Waals surface area contributed by atoms with Crippen molar-refractivity contribution < 1.29 is 9.59 Å². The predicted molar refractivity (Wildman–Crippen MR) is 107 cm³/mol. The summed E-state index contributed by atoms with van der Waals surface area (Å²) in [5.74, 6) is -0.540. The molecule has 0 radical (unpaired) electrons. The highest BCUT2D eigenvalue weighted by Gasteiger charge is 2.35. The van der Waals surface area contributed by atoms with Gasteiger partial charge in [0.2, 0.25) is 11.8 Å². The average Bonchev–Trinajstić information content (AvgIpc) is 3.03. The Hall–Kier alpha value is -3.21. The van der Waals surface area contributed by atoms with Crippen molar-refractivity contribution in [2.24, 2.45) is 5.92 Å². The summed E-state index contributed by atoms with van der Waals surface area (Å²) in [6.45, 7) is 4.41. The van der Waals surface area contributed by atoms with E-state index in [4.69, 9.17) is 0 Å². The Bertz CT molecular complexity index is 1020. The molecule has 0 saturated carbocycles. The Kier molecular flexibility index (Phi) is 4.36. The zero-order valence-corrected chi connectivity index (χ0v) is 15.4. The summed E-state index contributed by atoms with van der Waals surface area (Å²) in [4.78, 5) is 31.4. The molecule has 4 rings (SSSR count). The highest BCUT2D eigenvalue weighted by molar-refractivity contribution is 6.06. The number of rotatable bonds is 3. The third-order valence-corrected chi connectivity index (χ3v) is 4.90. The molecule has 136 valence electrons. The molecule has 1 saturated heterocycles. The molecule has 1 aliphatic rings. The lowest BCUT2D eigenvalue weighted by atomic mass is 10.1. The molecule has 3 aromatic rings. The molecular formula is C22H21N3O2. The van der Waals surface area contributed by atoms with Gasteiger partial charge in [-0.05, 0) is 49.2 Å². The summed E-state index contributed by atoms with van der Waals surface area (Å²) < 4.78 is 0. The van der Waals surface area contributed by atoms with E-state index in [2.05, 4.69) is 16.4 Å². The number of aromatic nitrogens is 1. The fourth-order valence-corrected chi connectivity index (χ4v) is 3.68. The van der Waals surface area contributed by atoms with Crippen molar-refractivity contribution in [3.05, 3.63) is 65.9 Å². The normalized spacial score (nSPS) is 16.7. The third kappa shape index (κ3) is 3.40. The molecule has 1 fully saturated rings. The van der Waals surface area contributed by atoms with E-state index in [9.17, 15) is 9.59 Å². The highest BCUT2D eigenvalue weighted by atomic mass is 16.2. The number of nitrogens with one attached hydrogen (secondary N) is 1. The van der Waals surface area contributed by atoms with Crippen LogP contribution in [0.2, 0.25) is 0 Å².